The van der Waals surface area contributed by atoms with Crippen LogP contribution in [0.3, 0.4) is 0 Å². The molecule has 100 valence electrons. The van der Waals surface area contributed by atoms with E-state index < -0.39 is 0 Å². The second-order valence-corrected chi connectivity index (χ2v) is 5.94. The standard InChI is InChI=1S/C14H28N2O/c1-14(12-17,13-6-3-2-4-7-13)16-10-5-8-15-9-11-16/h13,15,17H,2-12H2,1H3. The fourth-order valence-corrected chi connectivity index (χ4v) is 3.57. The summed E-state index contributed by atoms with van der Waals surface area (Å²) in [5.74, 6) is 0.694. The minimum absolute atomic E-state index is 0.0203. The van der Waals surface area contributed by atoms with Crippen molar-refractivity contribution in [1.82, 2.24) is 10.2 Å². The van der Waals surface area contributed by atoms with E-state index >= 15 is 0 Å². The molecule has 1 aliphatic carbocycles. The molecular formula is C14H28N2O. The molecule has 0 aromatic rings. The van der Waals surface area contributed by atoms with Crippen LogP contribution in [0.5, 0.6) is 0 Å². The zero-order valence-corrected chi connectivity index (χ0v) is 11.2. The molecule has 1 saturated carbocycles. The zero-order valence-electron chi connectivity index (χ0n) is 11.2. The highest BCUT2D eigenvalue weighted by Gasteiger charge is 2.39. The monoisotopic (exact) mass is 240 g/mol. The Bertz CT molecular complexity index is 220. The Hall–Kier alpha value is -0.120. The van der Waals surface area contributed by atoms with Crippen LogP contribution in [0.4, 0.5) is 0 Å². The molecule has 2 aliphatic rings. The number of hydrogen-bond acceptors (Lipinski definition) is 3. The number of nitrogens with zero attached hydrogens (tertiary/aromatic N) is 1. The first-order chi connectivity index (χ1) is 8.27. The van der Waals surface area contributed by atoms with Crippen LogP contribution in [-0.2, 0) is 0 Å². The smallest absolute Gasteiger partial charge is 0.0615 e. The molecule has 0 radical (unpaired) electrons. The average molecular weight is 240 g/mol. The third-order valence-electron chi connectivity index (χ3n) is 4.87. The summed E-state index contributed by atoms with van der Waals surface area (Å²) in [6, 6.07) is 0. The number of nitrogens with one attached hydrogen (secondary N) is 1. The van der Waals surface area contributed by atoms with Crippen LogP contribution in [0.2, 0.25) is 0 Å². The van der Waals surface area contributed by atoms with Gasteiger partial charge in [0.25, 0.3) is 0 Å². The first kappa shape index (κ1) is 13.3. The van der Waals surface area contributed by atoms with Crippen LogP contribution >= 0.6 is 0 Å². The maximum atomic E-state index is 9.92. The second-order valence-electron chi connectivity index (χ2n) is 5.94. The lowest BCUT2D eigenvalue weighted by Gasteiger charge is -2.46. The van der Waals surface area contributed by atoms with Gasteiger partial charge in [0.05, 0.1) is 6.61 Å². The topological polar surface area (TPSA) is 35.5 Å². The van der Waals surface area contributed by atoms with Crippen LogP contribution in [0.1, 0.15) is 45.4 Å². The molecule has 1 heterocycles. The van der Waals surface area contributed by atoms with Crippen molar-refractivity contribution in [2.45, 2.75) is 51.0 Å². The second kappa shape index (κ2) is 6.17. The summed E-state index contributed by atoms with van der Waals surface area (Å²) in [7, 11) is 0. The summed E-state index contributed by atoms with van der Waals surface area (Å²) >= 11 is 0. The molecule has 1 unspecified atom stereocenters. The number of rotatable bonds is 3. The predicted molar refractivity (Wildman–Crippen MR) is 71.1 cm³/mol. The van der Waals surface area contributed by atoms with Crippen molar-refractivity contribution >= 4 is 0 Å². The Morgan fingerprint density at radius 3 is 2.59 bits per heavy atom. The average Bonchev–Trinajstić information content (AvgIpc) is 2.68. The van der Waals surface area contributed by atoms with Gasteiger partial charge in [0.1, 0.15) is 0 Å². The quantitative estimate of drug-likeness (QED) is 0.787. The Balaban J connectivity index is 2.04. The normalized spacial score (nSPS) is 28.6. The third kappa shape index (κ3) is 3.01. The zero-order chi connectivity index (χ0) is 12.1. The van der Waals surface area contributed by atoms with Crippen molar-refractivity contribution in [3.05, 3.63) is 0 Å². The van der Waals surface area contributed by atoms with E-state index in [0.717, 1.165) is 26.2 Å². The Labute approximate surface area is 106 Å². The van der Waals surface area contributed by atoms with E-state index in [4.69, 9.17) is 0 Å². The number of aliphatic hydroxyl groups excluding tert-OH is 1. The van der Waals surface area contributed by atoms with Crippen molar-refractivity contribution in [3.63, 3.8) is 0 Å². The molecule has 2 fully saturated rings. The van der Waals surface area contributed by atoms with E-state index in [1.165, 1.54) is 38.5 Å². The van der Waals surface area contributed by atoms with Crippen molar-refractivity contribution in [2.75, 3.05) is 32.8 Å². The van der Waals surface area contributed by atoms with Crippen LogP contribution in [-0.4, -0.2) is 48.3 Å². The summed E-state index contributed by atoms with van der Waals surface area (Å²) in [5.41, 5.74) is 0.0203. The fraction of sp³-hybridized carbons (Fsp3) is 1.00. The van der Waals surface area contributed by atoms with E-state index in [9.17, 15) is 5.11 Å². The summed E-state index contributed by atoms with van der Waals surface area (Å²) in [5, 5.41) is 13.4. The molecule has 1 aliphatic heterocycles. The van der Waals surface area contributed by atoms with Gasteiger partial charge in [-0.1, -0.05) is 19.3 Å². The lowest BCUT2D eigenvalue weighted by Crippen LogP contribution is -2.55. The lowest BCUT2D eigenvalue weighted by atomic mass is 9.75. The molecule has 3 nitrogen and oxygen atoms in total. The van der Waals surface area contributed by atoms with Crippen LogP contribution in [0, 0.1) is 5.92 Å². The molecule has 1 atom stereocenters. The van der Waals surface area contributed by atoms with Gasteiger partial charge in [0.2, 0.25) is 0 Å². The van der Waals surface area contributed by atoms with Gasteiger partial charge < -0.3 is 10.4 Å². The van der Waals surface area contributed by atoms with Crippen LogP contribution in [0.15, 0.2) is 0 Å². The van der Waals surface area contributed by atoms with Crippen LogP contribution in [0.25, 0.3) is 0 Å². The van der Waals surface area contributed by atoms with E-state index in [2.05, 4.69) is 17.1 Å². The van der Waals surface area contributed by atoms with Crippen molar-refractivity contribution in [1.29, 1.82) is 0 Å². The highest BCUT2D eigenvalue weighted by atomic mass is 16.3. The van der Waals surface area contributed by atoms with Crippen molar-refractivity contribution < 1.29 is 5.11 Å². The van der Waals surface area contributed by atoms with Gasteiger partial charge in [-0.05, 0) is 38.6 Å². The molecule has 0 amide bonds. The summed E-state index contributed by atoms with van der Waals surface area (Å²) in [4.78, 5) is 2.54. The molecular weight excluding hydrogens is 212 g/mol. The highest BCUT2D eigenvalue weighted by molar-refractivity contribution is 4.94. The van der Waals surface area contributed by atoms with Gasteiger partial charge in [-0.2, -0.15) is 0 Å². The van der Waals surface area contributed by atoms with Gasteiger partial charge in [-0.15, -0.1) is 0 Å². The largest absolute Gasteiger partial charge is 0.394 e. The predicted octanol–water partition coefficient (Wildman–Crippen LogP) is 1.61. The van der Waals surface area contributed by atoms with Gasteiger partial charge >= 0.3 is 0 Å². The van der Waals surface area contributed by atoms with Gasteiger partial charge in [0, 0.05) is 25.2 Å². The number of aliphatic hydroxyl groups is 1. The molecule has 0 spiro atoms. The molecule has 1 saturated heterocycles. The Morgan fingerprint density at radius 2 is 1.88 bits per heavy atom. The minimum Gasteiger partial charge on any atom is -0.394 e. The van der Waals surface area contributed by atoms with E-state index in [1.807, 2.05) is 0 Å². The first-order valence-electron chi connectivity index (χ1n) is 7.34. The van der Waals surface area contributed by atoms with Gasteiger partial charge in [-0.3, -0.25) is 4.90 Å². The van der Waals surface area contributed by atoms with Crippen LogP contribution < -0.4 is 5.32 Å². The van der Waals surface area contributed by atoms with Gasteiger partial charge in [-0.25, -0.2) is 0 Å². The minimum atomic E-state index is 0.0203. The highest BCUT2D eigenvalue weighted by Crippen LogP contribution is 2.36. The summed E-state index contributed by atoms with van der Waals surface area (Å²) in [6.45, 7) is 7.03. The maximum Gasteiger partial charge on any atom is 0.0615 e. The summed E-state index contributed by atoms with van der Waals surface area (Å²) in [6.07, 6.45) is 7.92. The Kier molecular flexibility index (Phi) is 4.83. The van der Waals surface area contributed by atoms with Crippen molar-refractivity contribution in [3.8, 4) is 0 Å². The SMILES string of the molecule is CC(CO)(C1CCCCC1)N1CCCNCC1. The Morgan fingerprint density at radius 1 is 1.12 bits per heavy atom. The molecule has 17 heavy (non-hydrogen) atoms. The molecule has 0 bridgehead atoms. The van der Waals surface area contributed by atoms with Gasteiger partial charge in [0.15, 0.2) is 0 Å². The van der Waals surface area contributed by atoms with Crippen molar-refractivity contribution in [2.24, 2.45) is 5.92 Å². The lowest BCUT2D eigenvalue weighted by molar-refractivity contribution is -0.0120. The molecule has 2 rings (SSSR count). The van der Waals surface area contributed by atoms with E-state index in [-0.39, 0.29) is 5.54 Å². The first-order valence-corrected chi connectivity index (χ1v) is 7.34. The van der Waals surface area contributed by atoms with E-state index in [1.54, 1.807) is 0 Å². The maximum absolute atomic E-state index is 9.92. The molecule has 3 heteroatoms. The number of hydrogen-bond donors (Lipinski definition) is 2. The molecule has 2 N–H and O–H groups in total. The molecule has 0 aromatic carbocycles. The molecule has 0 aromatic heterocycles. The van der Waals surface area contributed by atoms with E-state index in [0.29, 0.717) is 12.5 Å². The summed E-state index contributed by atoms with van der Waals surface area (Å²) < 4.78 is 0. The fourth-order valence-electron chi connectivity index (χ4n) is 3.57. The third-order valence-corrected chi connectivity index (χ3v) is 4.87.